The van der Waals surface area contributed by atoms with Crippen LogP contribution in [-0.4, -0.2) is 57.9 Å². The van der Waals surface area contributed by atoms with E-state index in [1.54, 1.807) is 0 Å². The third-order valence-corrected chi connectivity index (χ3v) is 6.84. The topological polar surface area (TPSA) is 118 Å². The predicted octanol–water partition coefficient (Wildman–Crippen LogP) is 3.83. The minimum absolute atomic E-state index is 0.396. The zero-order valence-corrected chi connectivity index (χ0v) is 21.1. The quantitative estimate of drug-likeness (QED) is 0.220. The summed E-state index contributed by atoms with van der Waals surface area (Å²) in [6.07, 6.45) is 0. The van der Waals surface area contributed by atoms with Gasteiger partial charge in [-0.15, -0.1) is 0 Å². The molecular weight excluding hydrogens is 480 g/mol. The van der Waals surface area contributed by atoms with Gasteiger partial charge in [-0.3, -0.25) is 4.79 Å². The molecule has 4 rings (SSSR count). The number of aliphatic carboxylic acids is 1. The molecule has 0 aliphatic rings. The van der Waals surface area contributed by atoms with Crippen molar-refractivity contribution in [1.29, 1.82) is 0 Å². The van der Waals surface area contributed by atoms with Crippen molar-refractivity contribution < 1.29 is 30.3 Å². The molecule has 4 aromatic carbocycles. The highest BCUT2D eigenvalue weighted by Crippen LogP contribution is 2.48. The third kappa shape index (κ3) is 6.01. The lowest BCUT2D eigenvalue weighted by molar-refractivity contribution is -0.142. The number of benzene rings is 4. The smallest absolute Gasteiger partial charge is 0.319 e. The zero-order valence-electron chi connectivity index (χ0n) is 21.1. The lowest BCUT2D eigenvalue weighted by atomic mass is 9.61. The first-order valence-corrected chi connectivity index (χ1v) is 12.4. The van der Waals surface area contributed by atoms with Crippen molar-refractivity contribution >= 4 is 5.97 Å². The van der Waals surface area contributed by atoms with Crippen LogP contribution in [-0.2, 0) is 10.2 Å². The summed E-state index contributed by atoms with van der Waals surface area (Å²) < 4.78 is 0. The number of carboxylic acid groups (broad SMARTS) is 1. The van der Waals surface area contributed by atoms with E-state index in [1.807, 2.05) is 121 Å². The van der Waals surface area contributed by atoms with E-state index in [-0.39, 0.29) is 0 Å². The molecule has 0 radical (unpaired) electrons. The standard InChI is InChI=1S/C27H22O2.C5H12O4/c28-26(29)27(23-17-9-3-10-18-23,24-19-11-4-12-20-24)25(21-13-5-1-6-14-21)22-15-7-2-8-16-22;6-1-5(2-7,3-8)4-9/h1-20,25H,(H,28,29);6-9H,1-4H2. The normalized spacial score (nSPS) is 11.5. The number of carbonyl (C=O) groups is 1. The van der Waals surface area contributed by atoms with Gasteiger partial charge in [0, 0.05) is 5.92 Å². The van der Waals surface area contributed by atoms with Gasteiger partial charge < -0.3 is 25.5 Å². The summed E-state index contributed by atoms with van der Waals surface area (Å²) in [5, 5.41) is 44.8. The number of aliphatic hydroxyl groups excluding tert-OH is 4. The molecule has 5 N–H and O–H groups in total. The molecular formula is C32H34O6. The molecule has 6 heteroatoms. The van der Waals surface area contributed by atoms with Gasteiger partial charge in [0.2, 0.25) is 0 Å². The fourth-order valence-corrected chi connectivity index (χ4v) is 4.56. The zero-order chi connectivity index (χ0) is 27.4. The van der Waals surface area contributed by atoms with Crippen molar-refractivity contribution in [3.8, 4) is 0 Å². The molecule has 0 amide bonds. The van der Waals surface area contributed by atoms with Crippen LogP contribution in [0.25, 0.3) is 0 Å². The van der Waals surface area contributed by atoms with Crippen LogP contribution in [0, 0.1) is 5.41 Å². The van der Waals surface area contributed by atoms with E-state index in [0.717, 1.165) is 22.3 Å². The maximum atomic E-state index is 13.2. The van der Waals surface area contributed by atoms with Gasteiger partial charge in [0.05, 0.1) is 31.8 Å². The molecule has 0 fully saturated rings. The van der Waals surface area contributed by atoms with Gasteiger partial charge in [0.25, 0.3) is 0 Å². The summed E-state index contributed by atoms with van der Waals surface area (Å²) in [5.74, 6) is -1.26. The average Bonchev–Trinajstić information content (AvgIpc) is 2.99. The van der Waals surface area contributed by atoms with Crippen LogP contribution in [0.4, 0.5) is 0 Å². The summed E-state index contributed by atoms with van der Waals surface area (Å²) in [5.41, 5.74) is 1.07. The SMILES string of the molecule is O=C(O)C(c1ccccc1)(c1ccccc1)C(c1ccccc1)c1ccccc1.OCC(CO)(CO)CO. The van der Waals surface area contributed by atoms with Crippen LogP contribution in [0.15, 0.2) is 121 Å². The second-order valence-electron chi connectivity index (χ2n) is 9.23. The minimum atomic E-state index is -1.27. The molecule has 0 saturated carbocycles. The van der Waals surface area contributed by atoms with Crippen LogP contribution in [0.1, 0.15) is 28.2 Å². The fraction of sp³-hybridized carbons (Fsp3) is 0.219. The summed E-state index contributed by atoms with van der Waals surface area (Å²) in [4.78, 5) is 13.2. The van der Waals surface area contributed by atoms with Crippen LogP contribution >= 0.6 is 0 Å². The Balaban J connectivity index is 0.000000383. The maximum absolute atomic E-state index is 13.2. The number of hydrogen-bond donors (Lipinski definition) is 5. The van der Waals surface area contributed by atoms with Crippen molar-refractivity contribution in [3.05, 3.63) is 144 Å². The summed E-state index contributed by atoms with van der Waals surface area (Å²) in [7, 11) is 0. The van der Waals surface area contributed by atoms with Crippen molar-refractivity contribution in [1.82, 2.24) is 0 Å². The molecule has 0 spiro atoms. The van der Waals surface area contributed by atoms with Crippen molar-refractivity contribution in [2.75, 3.05) is 26.4 Å². The largest absolute Gasteiger partial charge is 0.480 e. The molecule has 0 heterocycles. The molecule has 198 valence electrons. The highest BCUT2D eigenvalue weighted by molar-refractivity contribution is 5.88. The van der Waals surface area contributed by atoms with Gasteiger partial charge in [-0.1, -0.05) is 121 Å². The third-order valence-electron chi connectivity index (χ3n) is 6.84. The fourth-order valence-electron chi connectivity index (χ4n) is 4.56. The van der Waals surface area contributed by atoms with Crippen LogP contribution in [0.5, 0.6) is 0 Å². The molecule has 0 unspecified atom stereocenters. The van der Waals surface area contributed by atoms with E-state index in [1.165, 1.54) is 0 Å². The molecule has 4 aromatic rings. The van der Waals surface area contributed by atoms with Gasteiger partial charge >= 0.3 is 5.97 Å². The molecule has 0 aromatic heterocycles. The molecule has 0 aliphatic heterocycles. The van der Waals surface area contributed by atoms with Gasteiger partial charge in [0.15, 0.2) is 0 Å². The number of hydrogen-bond acceptors (Lipinski definition) is 5. The lowest BCUT2D eigenvalue weighted by Gasteiger charge is -2.39. The molecule has 0 bridgehead atoms. The van der Waals surface area contributed by atoms with Crippen molar-refractivity contribution in [2.45, 2.75) is 11.3 Å². The van der Waals surface area contributed by atoms with E-state index in [4.69, 9.17) is 20.4 Å². The van der Waals surface area contributed by atoms with Gasteiger partial charge in [-0.05, 0) is 22.3 Å². The minimum Gasteiger partial charge on any atom is -0.480 e. The first-order valence-electron chi connectivity index (χ1n) is 12.4. The molecule has 38 heavy (non-hydrogen) atoms. The van der Waals surface area contributed by atoms with Crippen LogP contribution in [0.2, 0.25) is 0 Å². The summed E-state index contributed by atoms with van der Waals surface area (Å²) in [6, 6.07) is 39.0. The van der Waals surface area contributed by atoms with Gasteiger partial charge in [-0.25, -0.2) is 0 Å². The van der Waals surface area contributed by atoms with Gasteiger partial charge in [-0.2, -0.15) is 0 Å². The molecule has 0 atom stereocenters. The predicted molar refractivity (Wildman–Crippen MR) is 147 cm³/mol. The van der Waals surface area contributed by atoms with Gasteiger partial charge in [0.1, 0.15) is 5.41 Å². The monoisotopic (exact) mass is 514 g/mol. The Kier molecular flexibility index (Phi) is 10.3. The maximum Gasteiger partial charge on any atom is 0.319 e. The second kappa shape index (κ2) is 13.7. The Morgan fingerprint density at radius 1 is 0.526 bits per heavy atom. The first kappa shape index (κ1) is 28.8. The van der Waals surface area contributed by atoms with Crippen molar-refractivity contribution in [3.63, 3.8) is 0 Å². The lowest BCUT2D eigenvalue weighted by Crippen LogP contribution is -2.43. The Hall–Kier alpha value is -3.81. The summed E-state index contributed by atoms with van der Waals surface area (Å²) >= 11 is 0. The van der Waals surface area contributed by atoms with E-state index in [0.29, 0.717) is 0 Å². The van der Waals surface area contributed by atoms with Crippen LogP contribution in [0.3, 0.4) is 0 Å². The number of aliphatic hydroxyl groups is 4. The van der Waals surface area contributed by atoms with E-state index < -0.39 is 49.1 Å². The average molecular weight is 515 g/mol. The number of rotatable bonds is 10. The van der Waals surface area contributed by atoms with E-state index in [2.05, 4.69) is 0 Å². The summed E-state index contributed by atoms with van der Waals surface area (Å²) in [6.45, 7) is -1.62. The molecule has 6 nitrogen and oxygen atoms in total. The Labute approximate surface area is 223 Å². The highest BCUT2D eigenvalue weighted by atomic mass is 16.4. The second-order valence-corrected chi connectivity index (χ2v) is 9.23. The first-order chi connectivity index (χ1) is 18.5. The Bertz CT molecular complexity index is 1130. The number of carboxylic acids is 1. The highest BCUT2D eigenvalue weighted by Gasteiger charge is 2.50. The molecule has 0 saturated heterocycles. The van der Waals surface area contributed by atoms with E-state index in [9.17, 15) is 9.90 Å². The Morgan fingerprint density at radius 2 is 0.816 bits per heavy atom. The molecule has 0 aliphatic carbocycles. The van der Waals surface area contributed by atoms with Crippen LogP contribution < -0.4 is 0 Å². The Morgan fingerprint density at radius 3 is 1.05 bits per heavy atom. The van der Waals surface area contributed by atoms with E-state index >= 15 is 0 Å². The van der Waals surface area contributed by atoms with Crippen molar-refractivity contribution in [2.24, 2.45) is 5.41 Å².